The molecular formula is C27H26N2O4. The van der Waals surface area contributed by atoms with Crippen molar-refractivity contribution < 1.29 is 19.4 Å². The second-order valence-electron chi connectivity index (χ2n) is 8.43. The van der Waals surface area contributed by atoms with Crippen LogP contribution >= 0.6 is 0 Å². The number of carbonyl (C=O) groups is 2. The molecule has 3 aromatic rings. The van der Waals surface area contributed by atoms with Gasteiger partial charge in [0.05, 0.1) is 18.2 Å². The van der Waals surface area contributed by atoms with Gasteiger partial charge in [0.2, 0.25) is 0 Å². The van der Waals surface area contributed by atoms with Crippen LogP contribution in [0.4, 0.5) is 0 Å². The van der Waals surface area contributed by atoms with E-state index in [2.05, 4.69) is 18.8 Å². The van der Waals surface area contributed by atoms with Gasteiger partial charge < -0.3 is 14.7 Å². The van der Waals surface area contributed by atoms with Gasteiger partial charge in [-0.25, -0.2) is 0 Å². The van der Waals surface area contributed by atoms with Crippen LogP contribution in [-0.4, -0.2) is 33.3 Å². The van der Waals surface area contributed by atoms with E-state index in [-0.39, 0.29) is 17.9 Å². The number of aromatic nitrogens is 1. The number of amides is 1. The van der Waals surface area contributed by atoms with Gasteiger partial charge in [-0.15, -0.1) is 0 Å². The molecule has 0 spiro atoms. The minimum Gasteiger partial charge on any atom is -0.507 e. The maximum absolute atomic E-state index is 13.1. The Kier molecular flexibility index (Phi) is 6.54. The summed E-state index contributed by atoms with van der Waals surface area (Å²) in [6.45, 7) is 4.91. The lowest BCUT2D eigenvalue weighted by molar-refractivity contribution is -0.140. The molecule has 1 atom stereocenters. The van der Waals surface area contributed by atoms with E-state index in [1.807, 2.05) is 36.4 Å². The molecule has 1 aliphatic heterocycles. The van der Waals surface area contributed by atoms with E-state index in [0.717, 1.165) is 11.1 Å². The molecule has 6 heteroatoms. The van der Waals surface area contributed by atoms with Crippen molar-refractivity contribution in [1.82, 2.24) is 9.88 Å². The van der Waals surface area contributed by atoms with Gasteiger partial charge in [-0.1, -0.05) is 50.2 Å². The summed E-state index contributed by atoms with van der Waals surface area (Å²) in [5, 5.41) is 11.2. The smallest absolute Gasteiger partial charge is 0.295 e. The van der Waals surface area contributed by atoms with Crippen molar-refractivity contribution >= 4 is 17.4 Å². The normalized spacial score (nSPS) is 17.5. The molecule has 1 aliphatic rings. The SMILES string of the molecule is CC(C)COc1ccc(C(O)=C2C(=O)C(=O)N(Cc3cccnc3)[C@@H]2c2ccccc2)cc1. The van der Waals surface area contributed by atoms with Crippen LogP contribution in [0.3, 0.4) is 0 Å². The maximum atomic E-state index is 13.1. The molecular weight excluding hydrogens is 416 g/mol. The highest BCUT2D eigenvalue weighted by atomic mass is 16.5. The zero-order valence-electron chi connectivity index (χ0n) is 18.6. The highest BCUT2D eigenvalue weighted by molar-refractivity contribution is 6.46. The molecule has 0 aliphatic carbocycles. The molecule has 1 aromatic heterocycles. The number of ketones is 1. The van der Waals surface area contributed by atoms with Crippen LogP contribution in [0.1, 0.15) is 36.6 Å². The first-order chi connectivity index (χ1) is 16.0. The lowest BCUT2D eigenvalue weighted by Gasteiger charge is -2.25. The predicted octanol–water partition coefficient (Wildman–Crippen LogP) is 4.74. The van der Waals surface area contributed by atoms with Gasteiger partial charge >= 0.3 is 0 Å². The maximum Gasteiger partial charge on any atom is 0.295 e. The Morgan fingerprint density at radius 3 is 2.39 bits per heavy atom. The van der Waals surface area contributed by atoms with E-state index in [0.29, 0.717) is 23.8 Å². The van der Waals surface area contributed by atoms with E-state index in [4.69, 9.17) is 4.74 Å². The fourth-order valence-corrected chi connectivity index (χ4v) is 3.84. The molecule has 1 amide bonds. The van der Waals surface area contributed by atoms with Gasteiger partial charge in [-0.05, 0) is 47.4 Å². The van der Waals surface area contributed by atoms with Gasteiger partial charge in [0.25, 0.3) is 11.7 Å². The van der Waals surface area contributed by atoms with Gasteiger partial charge in [0.15, 0.2) is 0 Å². The minimum absolute atomic E-state index is 0.0749. The van der Waals surface area contributed by atoms with Crippen LogP contribution in [0, 0.1) is 5.92 Å². The third kappa shape index (κ3) is 4.80. The molecule has 1 fully saturated rings. The fraction of sp³-hybridized carbons (Fsp3) is 0.222. The Bertz CT molecular complexity index is 1160. The second-order valence-corrected chi connectivity index (χ2v) is 8.43. The lowest BCUT2D eigenvalue weighted by atomic mass is 9.95. The predicted molar refractivity (Wildman–Crippen MR) is 125 cm³/mol. The molecule has 6 nitrogen and oxygen atoms in total. The molecule has 0 radical (unpaired) electrons. The van der Waals surface area contributed by atoms with Gasteiger partial charge in [-0.3, -0.25) is 14.6 Å². The Morgan fingerprint density at radius 2 is 1.76 bits per heavy atom. The number of aliphatic hydroxyl groups is 1. The van der Waals surface area contributed by atoms with Crippen molar-refractivity contribution in [3.05, 3.63) is 101 Å². The molecule has 2 heterocycles. The van der Waals surface area contributed by atoms with E-state index in [9.17, 15) is 14.7 Å². The van der Waals surface area contributed by atoms with E-state index >= 15 is 0 Å². The molecule has 168 valence electrons. The summed E-state index contributed by atoms with van der Waals surface area (Å²) >= 11 is 0. The highest BCUT2D eigenvalue weighted by Crippen LogP contribution is 2.40. The highest BCUT2D eigenvalue weighted by Gasteiger charge is 2.46. The Balaban J connectivity index is 1.74. The van der Waals surface area contributed by atoms with E-state index in [1.165, 1.54) is 4.90 Å². The summed E-state index contributed by atoms with van der Waals surface area (Å²) in [7, 11) is 0. The van der Waals surface area contributed by atoms with Crippen LogP contribution in [0.25, 0.3) is 5.76 Å². The number of ether oxygens (including phenoxy) is 1. The topological polar surface area (TPSA) is 79.7 Å². The number of hydrogen-bond acceptors (Lipinski definition) is 5. The van der Waals surface area contributed by atoms with Crippen LogP contribution in [0.15, 0.2) is 84.7 Å². The summed E-state index contributed by atoms with van der Waals surface area (Å²) in [6.07, 6.45) is 3.32. The summed E-state index contributed by atoms with van der Waals surface area (Å²) < 4.78 is 5.71. The van der Waals surface area contributed by atoms with Crippen LogP contribution in [0.5, 0.6) is 5.75 Å². The molecule has 0 saturated carbocycles. The molecule has 0 bridgehead atoms. The molecule has 0 unspecified atom stereocenters. The number of benzene rings is 2. The zero-order chi connectivity index (χ0) is 23.4. The van der Waals surface area contributed by atoms with Crippen molar-refractivity contribution in [2.24, 2.45) is 5.92 Å². The Morgan fingerprint density at radius 1 is 1.03 bits per heavy atom. The first-order valence-electron chi connectivity index (χ1n) is 10.9. The number of Topliss-reactive ketones (excluding diaryl/α,β-unsaturated/α-hetero) is 1. The van der Waals surface area contributed by atoms with Crippen molar-refractivity contribution in [3.8, 4) is 5.75 Å². The first-order valence-corrected chi connectivity index (χ1v) is 10.9. The molecule has 33 heavy (non-hydrogen) atoms. The number of rotatable bonds is 7. The first kappa shape index (κ1) is 22.3. The molecule has 1 saturated heterocycles. The van der Waals surface area contributed by atoms with Crippen molar-refractivity contribution in [2.45, 2.75) is 26.4 Å². The van der Waals surface area contributed by atoms with Crippen LogP contribution in [0.2, 0.25) is 0 Å². The largest absolute Gasteiger partial charge is 0.507 e. The summed E-state index contributed by atoms with van der Waals surface area (Å²) in [6, 6.07) is 19.1. The standard InChI is InChI=1S/C27H26N2O4/c1-18(2)17-33-22-12-10-21(11-13-22)25(30)23-24(20-8-4-3-5-9-20)29(27(32)26(23)31)16-19-7-6-14-28-15-19/h3-15,18,24,30H,16-17H2,1-2H3/t24-/m1/s1. The van der Waals surface area contributed by atoms with Crippen LogP contribution < -0.4 is 4.74 Å². The van der Waals surface area contributed by atoms with Gasteiger partial charge in [0, 0.05) is 24.5 Å². The monoisotopic (exact) mass is 442 g/mol. The molecule has 2 aromatic carbocycles. The number of likely N-dealkylation sites (tertiary alicyclic amines) is 1. The van der Waals surface area contributed by atoms with Gasteiger partial charge in [0.1, 0.15) is 11.5 Å². The second kappa shape index (κ2) is 9.69. The fourth-order valence-electron chi connectivity index (χ4n) is 3.84. The summed E-state index contributed by atoms with van der Waals surface area (Å²) in [5.41, 5.74) is 2.07. The van der Waals surface area contributed by atoms with E-state index in [1.54, 1.807) is 42.7 Å². The van der Waals surface area contributed by atoms with Gasteiger partial charge in [-0.2, -0.15) is 0 Å². The van der Waals surface area contributed by atoms with Crippen molar-refractivity contribution in [1.29, 1.82) is 0 Å². The Labute approximate surface area is 193 Å². The average Bonchev–Trinajstić information content (AvgIpc) is 3.09. The summed E-state index contributed by atoms with van der Waals surface area (Å²) in [5.74, 6) is -0.487. The third-order valence-corrected chi connectivity index (χ3v) is 5.44. The number of aliphatic hydroxyl groups excluding tert-OH is 1. The van der Waals surface area contributed by atoms with Crippen molar-refractivity contribution in [2.75, 3.05) is 6.61 Å². The number of nitrogens with zero attached hydrogens (tertiary/aromatic N) is 2. The number of hydrogen-bond donors (Lipinski definition) is 1. The zero-order valence-corrected chi connectivity index (χ0v) is 18.6. The minimum atomic E-state index is -0.705. The Hall–Kier alpha value is -3.93. The lowest BCUT2D eigenvalue weighted by Crippen LogP contribution is -2.29. The van der Waals surface area contributed by atoms with Crippen molar-refractivity contribution in [3.63, 3.8) is 0 Å². The average molecular weight is 443 g/mol. The number of carbonyl (C=O) groups excluding carboxylic acids is 2. The summed E-state index contributed by atoms with van der Waals surface area (Å²) in [4.78, 5) is 31.7. The number of pyridine rings is 1. The molecule has 4 rings (SSSR count). The van der Waals surface area contributed by atoms with E-state index < -0.39 is 17.7 Å². The quantitative estimate of drug-likeness (QED) is 0.325. The van der Waals surface area contributed by atoms with Crippen LogP contribution in [-0.2, 0) is 16.1 Å². The third-order valence-electron chi connectivity index (χ3n) is 5.44. The molecule has 1 N–H and O–H groups in total.